The number of fused-ring (bicyclic) bond motifs is 2. The molecule has 1 atom stereocenters. The molecule has 0 aliphatic carbocycles. The first-order valence-corrected chi connectivity index (χ1v) is 12.8. The second-order valence-electron chi connectivity index (χ2n) is 11.3. The number of esters is 1. The van der Waals surface area contributed by atoms with E-state index in [0.29, 0.717) is 0 Å². The molecule has 0 fully saturated rings. The highest BCUT2D eigenvalue weighted by atomic mass is 16.6. The fourth-order valence-electron chi connectivity index (χ4n) is 4.71. The Morgan fingerprint density at radius 1 is 1.08 bits per heavy atom. The van der Waals surface area contributed by atoms with Gasteiger partial charge in [0.25, 0.3) is 0 Å². The van der Waals surface area contributed by atoms with Gasteiger partial charge in [-0.3, -0.25) is 0 Å². The molecular weight excluding hydrogens is 462 g/mol. The number of ether oxygens (including phenoxy) is 3. The molecule has 1 aliphatic heterocycles. The van der Waals surface area contributed by atoms with Gasteiger partial charge in [0.05, 0.1) is 24.9 Å². The molecule has 1 aliphatic rings. The lowest BCUT2D eigenvalue weighted by molar-refractivity contribution is -0.164. The molecule has 0 radical (unpaired) electrons. The van der Waals surface area contributed by atoms with Gasteiger partial charge < -0.3 is 19.9 Å². The number of rotatable bonds is 4. The summed E-state index contributed by atoms with van der Waals surface area (Å²) in [4.78, 5) is 13.2. The van der Waals surface area contributed by atoms with E-state index >= 15 is 0 Å². The minimum absolute atomic E-state index is 0.430. The summed E-state index contributed by atoms with van der Waals surface area (Å²) in [6.07, 6.45) is 1.03. The van der Waals surface area contributed by atoms with Crippen molar-refractivity contribution in [2.24, 2.45) is 5.73 Å². The van der Waals surface area contributed by atoms with E-state index in [-0.39, 0.29) is 0 Å². The molecule has 5 heteroatoms. The Morgan fingerprint density at radius 3 is 2.51 bits per heavy atom. The smallest absolute Gasteiger partial charge is 0.339 e. The van der Waals surface area contributed by atoms with Crippen LogP contribution in [0.1, 0.15) is 69.4 Å². The maximum absolute atomic E-state index is 13.2. The van der Waals surface area contributed by atoms with E-state index in [1.807, 2.05) is 53.7 Å². The van der Waals surface area contributed by atoms with Crippen LogP contribution in [0.4, 0.5) is 0 Å². The third-order valence-electron chi connectivity index (χ3n) is 6.26. The zero-order chi connectivity index (χ0) is 27.0. The SMILES string of the molecule is COC(=O)C(OC(C)(C)C)c1c(C)cc2ccc(C#CC(C)(C)N)cc2c1-c1ccc2c(c1)CCCO2. The summed E-state index contributed by atoms with van der Waals surface area (Å²) >= 11 is 0. The minimum atomic E-state index is -0.894. The van der Waals surface area contributed by atoms with E-state index in [1.165, 1.54) is 7.11 Å². The van der Waals surface area contributed by atoms with Crippen LogP contribution in [-0.4, -0.2) is 30.8 Å². The molecule has 3 aromatic carbocycles. The van der Waals surface area contributed by atoms with E-state index in [0.717, 1.165) is 69.4 Å². The van der Waals surface area contributed by atoms with Crippen LogP contribution in [0.2, 0.25) is 0 Å². The lowest BCUT2D eigenvalue weighted by Gasteiger charge is -2.29. The van der Waals surface area contributed by atoms with E-state index in [9.17, 15) is 4.79 Å². The Balaban J connectivity index is 2.06. The van der Waals surface area contributed by atoms with Crippen LogP contribution >= 0.6 is 0 Å². The summed E-state index contributed by atoms with van der Waals surface area (Å²) in [5, 5.41) is 2.05. The van der Waals surface area contributed by atoms with Crippen LogP contribution in [-0.2, 0) is 20.7 Å². The Kier molecular flexibility index (Phi) is 7.37. The third kappa shape index (κ3) is 6.15. The van der Waals surface area contributed by atoms with Gasteiger partial charge in [-0.25, -0.2) is 4.79 Å². The normalized spacial score (nSPS) is 14.3. The van der Waals surface area contributed by atoms with Gasteiger partial charge in [0.1, 0.15) is 5.75 Å². The fourth-order valence-corrected chi connectivity index (χ4v) is 4.71. The van der Waals surface area contributed by atoms with E-state index in [4.69, 9.17) is 19.9 Å². The number of hydrogen-bond acceptors (Lipinski definition) is 5. The molecule has 0 saturated carbocycles. The molecule has 194 valence electrons. The lowest BCUT2D eigenvalue weighted by Crippen LogP contribution is -2.29. The average Bonchev–Trinajstić information content (AvgIpc) is 2.83. The Bertz CT molecular complexity index is 1400. The van der Waals surface area contributed by atoms with Gasteiger partial charge in [-0.1, -0.05) is 30.0 Å². The highest BCUT2D eigenvalue weighted by molar-refractivity contribution is 6.01. The predicted molar refractivity (Wildman–Crippen MR) is 149 cm³/mol. The highest BCUT2D eigenvalue weighted by Crippen LogP contribution is 2.42. The molecule has 0 bridgehead atoms. The van der Waals surface area contributed by atoms with Crippen molar-refractivity contribution < 1.29 is 19.0 Å². The van der Waals surface area contributed by atoms with Crippen LogP contribution in [0, 0.1) is 18.8 Å². The molecular formula is C32H37NO4. The van der Waals surface area contributed by atoms with Gasteiger partial charge in [-0.15, -0.1) is 0 Å². The fraction of sp³-hybridized carbons (Fsp3) is 0.406. The van der Waals surface area contributed by atoms with E-state index < -0.39 is 23.2 Å². The maximum atomic E-state index is 13.2. The van der Waals surface area contributed by atoms with Crippen LogP contribution < -0.4 is 10.5 Å². The molecule has 0 amide bonds. The molecule has 1 heterocycles. The largest absolute Gasteiger partial charge is 0.493 e. The van der Waals surface area contributed by atoms with Gasteiger partial charge in [0.2, 0.25) is 0 Å². The van der Waals surface area contributed by atoms with E-state index in [1.54, 1.807) is 0 Å². The Labute approximate surface area is 220 Å². The summed E-state index contributed by atoms with van der Waals surface area (Å²) in [5.41, 5.74) is 10.7. The summed E-state index contributed by atoms with van der Waals surface area (Å²) < 4.78 is 17.5. The third-order valence-corrected chi connectivity index (χ3v) is 6.26. The molecule has 3 aromatic rings. The number of benzene rings is 3. The van der Waals surface area contributed by atoms with Gasteiger partial charge >= 0.3 is 5.97 Å². The van der Waals surface area contributed by atoms with Crippen LogP contribution in [0.5, 0.6) is 5.75 Å². The number of aryl methyl sites for hydroxylation is 2. The van der Waals surface area contributed by atoms with Gasteiger partial charge in [-0.2, -0.15) is 0 Å². The summed E-state index contributed by atoms with van der Waals surface area (Å²) in [6.45, 7) is 12.3. The summed E-state index contributed by atoms with van der Waals surface area (Å²) in [6, 6.07) is 14.5. The number of carbonyl (C=O) groups is 1. The molecule has 0 spiro atoms. The van der Waals surface area contributed by atoms with Crippen molar-refractivity contribution in [3.63, 3.8) is 0 Å². The summed E-state index contributed by atoms with van der Waals surface area (Å²) in [7, 11) is 1.40. The Morgan fingerprint density at radius 2 is 1.84 bits per heavy atom. The number of carbonyl (C=O) groups excluding carboxylic acids is 1. The van der Waals surface area contributed by atoms with Crippen molar-refractivity contribution in [1.82, 2.24) is 0 Å². The van der Waals surface area contributed by atoms with Gasteiger partial charge in [0, 0.05) is 11.1 Å². The maximum Gasteiger partial charge on any atom is 0.339 e. The molecule has 5 nitrogen and oxygen atoms in total. The van der Waals surface area contributed by atoms with Gasteiger partial charge in [0.15, 0.2) is 6.10 Å². The second kappa shape index (κ2) is 10.2. The van der Waals surface area contributed by atoms with Crippen molar-refractivity contribution in [2.75, 3.05) is 13.7 Å². The zero-order valence-corrected chi connectivity index (χ0v) is 23.0. The second-order valence-corrected chi connectivity index (χ2v) is 11.3. The van der Waals surface area contributed by atoms with E-state index in [2.05, 4.69) is 42.2 Å². The molecule has 0 aromatic heterocycles. The Hall–Kier alpha value is -3.33. The van der Waals surface area contributed by atoms with Crippen molar-refractivity contribution >= 4 is 16.7 Å². The van der Waals surface area contributed by atoms with Crippen molar-refractivity contribution in [3.8, 4) is 28.7 Å². The standard InChI is InChI=1S/C32H37NO4/c1-20-17-22-11-10-21(14-15-32(5,6)33)18-25(22)28(24-12-13-26-23(19-24)9-8-16-36-26)27(20)29(30(34)35-7)37-31(2,3)4/h10-13,17-19,29H,8-9,16,33H2,1-7H3. The predicted octanol–water partition coefficient (Wildman–Crippen LogP) is 6.26. The molecule has 0 saturated heterocycles. The summed E-state index contributed by atoms with van der Waals surface area (Å²) in [5.74, 6) is 6.83. The monoisotopic (exact) mass is 499 g/mol. The van der Waals surface area contributed by atoms with Crippen LogP contribution in [0.25, 0.3) is 21.9 Å². The highest BCUT2D eigenvalue weighted by Gasteiger charge is 2.32. The molecule has 4 rings (SSSR count). The van der Waals surface area contributed by atoms with Crippen molar-refractivity contribution in [3.05, 3.63) is 64.7 Å². The lowest BCUT2D eigenvalue weighted by atomic mass is 9.85. The molecule has 2 N–H and O–H groups in total. The van der Waals surface area contributed by atoms with Crippen molar-refractivity contribution in [2.45, 2.75) is 71.6 Å². The van der Waals surface area contributed by atoms with Gasteiger partial charge in [-0.05, 0) is 112 Å². The first kappa shape index (κ1) is 26.7. The quantitative estimate of drug-likeness (QED) is 0.339. The van der Waals surface area contributed by atoms with Crippen molar-refractivity contribution in [1.29, 1.82) is 0 Å². The first-order chi connectivity index (χ1) is 17.4. The minimum Gasteiger partial charge on any atom is -0.493 e. The number of hydrogen-bond donors (Lipinski definition) is 1. The zero-order valence-electron chi connectivity index (χ0n) is 23.0. The molecule has 1 unspecified atom stereocenters. The molecule has 37 heavy (non-hydrogen) atoms. The number of nitrogens with two attached hydrogens (primary N) is 1. The first-order valence-electron chi connectivity index (χ1n) is 12.8. The average molecular weight is 500 g/mol. The van der Waals surface area contributed by atoms with Crippen LogP contribution in [0.3, 0.4) is 0 Å². The topological polar surface area (TPSA) is 70.8 Å². The van der Waals surface area contributed by atoms with Crippen LogP contribution in [0.15, 0.2) is 42.5 Å². The number of methoxy groups -OCH3 is 1.